The Balaban J connectivity index is 1.21. The van der Waals surface area contributed by atoms with E-state index in [9.17, 15) is 0 Å². The molecule has 1 fully saturated rings. The standard InChI is InChI=1S/C23H27N3/c1-2-6-19(7-3-1)18-26-16-13-21(14-17-26)24-15-12-22-11-10-20-8-4-5-9-23(20)25-22/h1-11,21,24H,12-18H2. The summed E-state index contributed by atoms with van der Waals surface area (Å²) in [5.41, 5.74) is 3.69. The largest absolute Gasteiger partial charge is 0.313 e. The molecule has 1 aliphatic heterocycles. The van der Waals surface area contributed by atoms with Gasteiger partial charge < -0.3 is 5.32 Å². The first-order chi connectivity index (χ1) is 12.9. The lowest BCUT2D eigenvalue weighted by Gasteiger charge is -2.32. The van der Waals surface area contributed by atoms with Crippen molar-refractivity contribution in [2.75, 3.05) is 19.6 Å². The monoisotopic (exact) mass is 345 g/mol. The maximum Gasteiger partial charge on any atom is 0.0705 e. The van der Waals surface area contributed by atoms with Gasteiger partial charge in [-0.2, -0.15) is 0 Å². The SMILES string of the molecule is c1ccc(CN2CCC(NCCc3ccc4ccccc4n3)CC2)cc1. The molecule has 0 amide bonds. The molecule has 0 saturated carbocycles. The molecule has 3 nitrogen and oxygen atoms in total. The normalized spacial score (nSPS) is 16.2. The molecule has 0 unspecified atom stereocenters. The van der Waals surface area contributed by atoms with Crippen LogP contribution in [0, 0.1) is 0 Å². The topological polar surface area (TPSA) is 28.2 Å². The summed E-state index contributed by atoms with van der Waals surface area (Å²) < 4.78 is 0. The third-order valence-corrected chi connectivity index (χ3v) is 5.31. The molecule has 2 aromatic carbocycles. The fraction of sp³-hybridized carbons (Fsp3) is 0.348. The molecule has 0 aliphatic carbocycles. The van der Waals surface area contributed by atoms with Gasteiger partial charge in [0.25, 0.3) is 0 Å². The van der Waals surface area contributed by atoms with Crippen molar-refractivity contribution in [1.29, 1.82) is 0 Å². The van der Waals surface area contributed by atoms with Gasteiger partial charge in [0.1, 0.15) is 0 Å². The summed E-state index contributed by atoms with van der Waals surface area (Å²) in [6, 6.07) is 24.1. The summed E-state index contributed by atoms with van der Waals surface area (Å²) in [7, 11) is 0. The molecule has 0 spiro atoms. The van der Waals surface area contributed by atoms with Gasteiger partial charge in [0.05, 0.1) is 5.52 Å². The van der Waals surface area contributed by atoms with Crippen molar-refractivity contribution in [2.45, 2.75) is 31.8 Å². The van der Waals surface area contributed by atoms with Crippen LogP contribution in [-0.4, -0.2) is 35.6 Å². The minimum absolute atomic E-state index is 0.641. The molecule has 3 heteroatoms. The van der Waals surface area contributed by atoms with Crippen LogP contribution in [0.1, 0.15) is 24.1 Å². The number of fused-ring (bicyclic) bond motifs is 1. The zero-order valence-electron chi connectivity index (χ0n) is 15.3. The van der Waals surface area contributed by atoms with Gasteiger partial charge in [-0.05, 0) is 43.6 Å². The van der Waals surface area contributed by atoms with Crippen LogP contribution in [0.25, 0.3) is 10.9 Å². The molecular formula is C23H27N3. The predicted octanol–water partition coefficient (Wildman–Crippen LogP) is 4.03. The zero-order valence-corrected chi connectivity index (χ0v) is 15.3. The summed E-state index contributed by atoms with van der Waals surface area (Å²) in [6.45, 7) is 4.45. The molecule has 134 valence electrons. The van der Waals surface area contributed by atoms with E-state index >= 15 is 0 Å². The third kappa shape index (κ3) is 4.48. The number of benzene rings is 2. The quantitative estimate of drug-likeness (QED) is 0.731. The van der Waals surface area contributed by atoms with Gasteiger partial charge in [0, 0.05) is 36.6 Å². The highest BCUT2D eigenvalue weighted by atomic mass is 15.1. The van der Waals surface area contributed by atoms with Crippen LogP contribution in [0.5, 0.6) is 0 Å². The number of aromatic nitrogens is 1. The number of para-hydroxylation sites is 1. The summed E-state index contributed by atoms with van der Waals surface area (Å²) in [5.74, 6) is 0. The second-order valence-corrected chi connectivity index (χ2v) is 7.24. The lowest BCUT2D eigenvalue weighted by molar-refractivity contribution is 0.191. The smallest absolute Gasteiger partial charge is 0.0705 e. The molecule has 1 aliphatic rings. The van der Waals surface area contributed by atoms with Crippen LogP contribution in [0.4, 0.5) is 0 Å². The Morgan fingerprint density at radius 3 is 2.50 bits per heavy atom. The Morgan fingerprint density at radius 1 is 0.885 bits per heavy atom. The van der Waals surface area contributed by atoms with Crippen LogP contribution in [0.2, 0.25) is 0 Å². The first-order valence-electron chi connectivity index (χ1n) is 9.71. The Bertz CT molecular complexity index is 823. The lowest BCUT2D eigenvalue weighted by Crippen LogP contribution is -2.42. The number of pyridine rings is 1. The van der Waals surface area contributed by atoms with Crippen molar-refractivity contribution in [1.82, 2.24) is 15.2 Å². The van der Waals surface area contributed by atoms with Crippen molar-refractivity contribution in [3.8, 4) is 0 Å². The first-order valence-corrected chi connectivity index (χ1v) is 9.71. The molecule has 26 heavy (non-hydrogen) atoms. The molecule has 1 aromatic heterocycles. The summed E-state index contributed by atoms with van der Waals surface area (Å²) in [5, 5.41) is 4.95. The van der Waals surface area contributed by atoms with Gasteiger partial charge in [0.15, 0.2) is 0 Å². The van der Waals surface area contributed by atoms with Crippen molar-refractivity contribution in [2.24, 2.45) is 0 Å². The van der Waals surface area contributed by atoms with Gasteiger partial charge in [-0.25, -0.2) is 0 Å². The van der Waals surface area contributed by atoms with Crippen LogP contribution in [-0.2, 0) is 13.0 Å². The van der Waals surface area contributed by atoms with E-state index in [2.05, 4.69) is 76.9 Å². The Morgan fingerprint density at radius 2 is 1.65 bits per heavy atom. The van der Waals surface area contributed by atoms with Crippen molar-refractivity contribution in [3.05, 3.63) is 78.0 Å². The van der Waals surface area contributed by atoms with E-state index in [0.717, 1.165) is 25.0 Å². The molecule has 2 heterocycles. The van der Waals surface area contributed by atoms with E-state index in [1.807, 2.05) is 0 Å². The van der Waals surface area contributed by atoms with Crippen LogP contribution < -0.4 is 5.32 Å². The maximum atomic E-state index is 4.77. The fourth-order valence-electron chi connectivity index (χ4n) is 3.79. The number of nitrogens with zero attached hydrogens (tertiary/aromatic N) is 2. The molecule has 4 rings (SSSR count). The van der Waals surface area contributed by atoms with E-state index in [-0.39, 0.29) is 0 Å². The second kappa shape index (κ2) is 8.43. The minimum atomic E-state index is 0.641. The number of nitrogens with one attached hydrogen (secondary N) is 1. The van der Waals surface area contributed by atoms with E-state index in [0.29, 0.717) is 6.04 Å². The molecule has 0 radical (unpaired) electrons. The van der Waals surface area contributed by atoms with Crippen LogP contribution in [0.3, 0.4) is 0 Å². The average molecular weight is 345 g/mol. The lowest BCUT2D eigenvalue weighted by atomic mass is 10.0. The van der Waals surface area contributed by atoms with Gasteiger partial charge in [0.2, 0.25) is 0 Å². The fourth-order valence-corrected chi connectivity index (χ4v) is 3.79. The summed E-state index contributed by atoms with van der Waals surface area (Å²) >= 11 is 0. The van der Waals surface area contributed by atoms with Gasteiger partial charge >= 0.3 is 0 Å². The number of hydrogen-bond acceptors (Lipinski definition) is 3. The van der Waals surface area contributed by atoms with Gasteiger partial charge in [-0.1, -0.05) is 54.6 Å². The molecule has 0 atom stereocenters. The molecule has 1 saturated heterocycles. The van der Waals surface area contributed by atoms with Gasteiger partial charge in [-0.15, -0.1) is 0 Å². The van der Waals surface area contributed by atoms with E-state index in [4.69, 9.17) is 4.98 Å². The van der Waals surface area contributed by atoms with Gasteiger partial charge in [-0.3, -0.25) is 9.88 Å². The number of piperidine rings is 1. The number of likely N-dealkylation sites (tertiary alicyclic amines) is 1. The second-order valence-electron chi connectivity index (χ2n) is 7.24. The molecule has 1 N–H and O–H groups in total. The molecule has 0 bridgehead atoms. The van der Waals surface area contributed by atoms with E-state index in [1.54, 1.807) is 0 Å². The summed E-state index contributed by atoms with van der Waals surface area (Å²) in [4.78, 5) is 7.34. The molecular weight excluding hydrogens is 318 g/mol. The number of hydrogen-bond donors (Lipinski definition) is 1. The Labute approximate surface area is 156 Å². The maximum absolute atomic E-state index is 4.77. The van der Waals surface area contributed by atoms with Crippen molar-refractivity contribution < 1.29 is 0 Å². The first kappa shape index (κ1) is 17.2. The third-order valence-electron chi connectivity index (χ3n) is 5.31. The highest BCUT2D eigenvalue weighted by molar-refractivity contribution is 5.78. The van der Waals surface area contributed by atoms with Crippen LogP contribution >= 0.6 is 0 Å². The van der Waals surface area contributed by atoms with E-state index < -0.39 is 0 Å². The van der Waals surface area contributed by atoms with Crippen molar-refractivity contribution in [3.63, 3.8) is 0 Å². The Kier molecular flexibility index (Phi) is 5.58. The predicted molar refractivity (Wildman–Crippen MR) is 108 cm³/mol. The highest BCUT2D eigenvalue weighted by Crippen LogP contribution is 2.15. The minimum Gasteiger partial charge on any atom is -0.313 e. The highest BCUT2D eigenvalue weighted by Gasteiger charge is 2.18. The van der Waals surface area contributed by atoms with Crippen LogP contribution in [0.15, 0.2) is 66.7 Å². The summed E-state index contributed by atoms with van der Waals surface area (Å²) in [6.07, 6.45) is 3.46. The van der Waals surface area contributed by atoms with Crippen molar-refractivity contribution >= 4 is 10.9 Å². The zero-order chi connectivity index (χ0) is 17.6. The average Bonchev–Trinajstić information content (AvgIpc) is 2.70. The number of rotatable bonds is 6. The molecule has 3 aromatic rings. The van der Waals surface area contributed by atoms with E-state index in [1.165, 1.54) is 42.6 Å². The Hall–Kier alpha value is -2.23.